The smallest absolute Gasteiger partial charge is 0.260 e. The predicted octanol–water partition coefficient (Wildman–Crippen LogP) is 2.54. The molecular formula is C14H11FN4O. The molecule has 6 heteroatoms. The van der Waals surface area contributed by atoms with Gasteiger partial charge in [-0.1, -0.05) is 18.2 Å². The summed E-state index contributed by atoms with van der Waals surface area (Å²) in [6.07, 6.45) is 0. The molecule has 0 saturated carbocycles. The van der Waals surface area contributed by atoms with E-state index >= 15 is 0 Å². The van der Waals surface area contributed by atoms with Crippen LogP contribution in [0.5, 0.6) is 0 Å². The van der Waals surface area contributed by atoms with Crippen molar-refractivity contribution >= 4 is 28.6 Å². The van der Waals surface area contributed by atoms with Gasteiger partial charge < -0.3 is 10.7 Å². The monoisotopic (exact) mass is 270 g/mol. The van der Waals surface area contributed by atoms with Crippen LogP contribution < -0.4 is 11.1 Å². The van der Waals surface area contributed by atoms with Crippen LogP contribution in [0.3, 0.4) is 0 Å². The van der Waals surface area contributed by atoms with Gasteiger partial charge in [0.1, 0.15) is 5.82 Å². The van der Waals surface area contributed by atoms with Gasteiger partial charge in [0, 0.05) is 0 Å². The van der Waals surface area contributed by atoms with Gasteiger partial charge >= 0.3 is 0 Å². The number of para-hydroxylation sites is 3. The number of hydrogen-bond donors (Lipinski definition) is 3. The van der Waals surface area contributed by atoms with Gasteiger partial charge in [-0.25, -0.2) is 9.37 Å². The lowest BCUT2D eigenvalue weighted by Crippen LogP contribution is -2.15. The number of fused-ring (bicyclic) bond motifs is 1. The van der Waals surface area contributed by atoms with E-state index in [0.29, 0.717) is 5.95 Å². The number of nitrogens with zero attached hydrogens (tertiary/aromatic N) is 1. The Kier molecular flexibility index (Phi) is 2.83. The third-order valence-electron chi connectivity index (χ3n) is 2.92. The van der Waals surface area contributed by atoms with Crippen LogP contribution in [0.1, 0.15) is 10.4 Å². The van der Waals surface area contributed by atoms with Crippen LogP contribution >= 0.6 is 0 Å². The van der Waals surface area contributed by atoms with E-state index in [2.05, 4.69) is 15.3 Å². The number of anilines is 2. The van der Waals surface area contributed by atoms with Crippen molar-refractivity contribution in [2.75, 3.05) is 11.1 Å². The van der Waals surface area contributed by atoms with Crippen molar-refractivity contribution in [3.05, 3.63) is 53.8 Å². The van der Waals surface area contributed by atoms with Crippen molar-refractivity contribution in [2.45, 2.75) is 0 Å². The molecule has 0 saturated heterocycles. The van der Waals surface area contributed by atoms with Crippen LogP contribution in [0.25, 0.3) is 11.0 Å². The van der Waals surface area contributed by atoms with Crippen LogP contribution in [0.15, 0.2) is 42.5 Å². The zero-order valence-electron chi connectivity index (χ0n) is 10.4. The second kappa shape index (κ2) is 4.65. The number of carbonyl (C=O) groups is 1. The first-order chi connectivity index (χ1) is 9.65. The van der Waals surface area contributed by atoms with E-state index in [9.17, 15) is 9.18 Å². The third-order valence-corrected chi connectivity index (χ3v) is 2.92. The summed E-state index contributed by atoms with van der Waals surface area (Å²) in [4.78, 5) is 19.2. The summed E-state index contributed by atoms with van der Waals surface area (Å²) in [5, 5.41) is 2.56. The number of imidazole rings is 1. The summed E-state index contributed by atoms with van der Waals surface area (Å²) in [5.74, 6) is -0.844. The number of nitrogens with one attached hydrogen (secondary N) is 2. The largest absolute Gasteiger partial charge is 0.396 e. The third kappa shape index (κ3) is 2.07. The number of hydrogen-bond acceptors (Lipinski definition) is 3. The second-order valence-corrected chi connectivity index (χ2v) is 4.26. The van der Waals surface area contributed by atoms with E-state index in [0.717, 1.165) is 11.0 Å². The predicted molar refractivity (Wildman–Crippen MR) is 74.9 cm³/mol. The zero-order valence-corrected chi connectivity index (χ0v) is 10.4. The first kappa shape index (κ1) is 12.2. The molecule has 0 atom stereocenters. The quantitative estimate of drug-likeness (QED) is 0.626. The molecule has 1 amide bonds. The summed E-state index contributed by atoms with van der Waals surface area (Å²) in [5.41, 5.74) is 6.97. The molecule has 0 fully saturated rings. The highest BCUT2D eigenvalue weighted by molar-refractivity contribution is 6.07. The molecule has 0 radical (unpaired) electrons. The fraction of sp³-hybridized carbons (Fsp3) is 0. The Morgan fingerprint density at radius 3 is 2.80 bits per heavy atom. The van der Waals surface area contributed by atoms with Crippen LogP contribution in [-0.4, -0.2) is 15.9 Å². The minimum atomic E-state index is -0.623. The summed E-state index contributed by atoms with van der Waals surface area (Å²) in [6, 6.07) is 11.4. The maximum absolute atomic E-state index is 13.3. The molecule has 5 nitrogen and oxygen atoms in total. The Morgan fingerprint density at radius 1 is 1.20 bits per heavy atom. The Labute approximate surface area is 113 Å². The number of H-pyrrole nitrogens is 1. The molecule has 1 aromatic heterocycles. The van der Waals surface area contributed by atoms with E-state index in [4.69, 9.17) is 5.73 Å². The first-order valence-corrected chi connectivity index (χ1v) is 5.95. The highest BCUT2D eigenvalue weighted by Crippen LogP contribution is 2.18. The molecule has 100 valence electrons. The number of benzene rings is 2. The molecule has 20 heavy (non-hydrogen) atoms. The Morgan fingerprint density at radius 2 is 2.00 bits per heavy atom. The molecule has 0 aliphatic rings. The van der Waals surface area contributed by atoms with Gasteiger partial charge in [-0.2, -0.15) is 0 Å². The summed E-state index contributed by atoms with van der Waals surface area (Å²) in [6.45, 7) is 0. The van der Waals surface area contributed by atoms with Gasteiger partial charge in [0.25, 0.3) is 5.91 Å². The number of amides is 1. The minimum absolute atomic E-state index is 0.0745. The lowest BCUT2D eigenvalue weighted by Gasteiger charge is -2.05. The topological polar surface area (TPSA) is 83.8 Å². The molecule has 1 heterocycles. The van der Waals surface area contributed by atoms with Crippen molar-refractivity contribution in [3.63, 3.8) is 0 Å². The second-order valence-electron chi connectivity index (χ2n) is 4.26. The molecule has 3 aromatic rings. The molecule has 0 spiro atoms. The van der Waals surface area contributed by atoms with Crippen LogP contribution in [-0.2, 0) is 0 Å². The highest BCUT2D eigenvalue weighted by atomic mass is 19.1. The van der Waals surface area contributed by atoms with Crippen molar-refractivity contribution in [3.8, 4) is 0 Å². The average Bonchev–Trinajstić information content (AvgIpc) is 2.83. The maximum atomic E-state index is 13.3. The van der Waals surface area contributed by atoms with Gasteiger partial charge in [0.15, 0.2) is 0 Å². The molecule has 0 aliphatic carbocycles. The van der Waals surface area contributed by atoms with Crippen LogP contribution in [0, 0.1) is 5.82 Å². The number of nitrogen functional groups attached to an aromatic ring is 1. The fourth-order valence-electron chi connectivity index (χ4n) is 1.92. The molecule has 2 aromatic carbocycles. The SMILES string of the molecule is Nc1c(F)cccc1C(=O)Nc1nc2ccccc2[nH]1. The number of aromatic amines is 1. The number of carbonyl (C=O) groups excluding carboxylic acids is 1. The van der Waals surface area contributed by atoms with Crippen LogP contribution in [0.2, 0.25) is 0 Å². The Hall–Kier alpha value is -2.89. The van der Waals surface area contributed by atoms with E-state index in [-0.39, 0.29) is 11.3 Å². The van der Waals surface area contributed by atoms with Crippen molar-refractivity contribution < 1.29 is 9.18 Å². The Bertz CT molecular complexity index is 764. The van der Waals surface area contributed by atoms with Crippen LogP contribution in [0.4, 0.5) is 16.0 Å². The molecular weight excluding hydrogens is 259 g/mol. The van der Waals surface area contributed by atoms with Crippen molar-refractivity contribution in [1.29, 1.82) is 0 Å². The van der Waals surface area contributed by atoms with E-state index in [1.165, 1.54) is 18.2 Å². The number of halogens is 1. The van der Waals surface area contributed by atoms with Gasteiger partial charge in [-0.05, 0) is 24.3 Å². The lowest BCUT2D eigenvalue weighted by atomic mass is 10.1. The van der Waals surface area contributed by atoms with E-state index < -0.39 is 11.7 Å². The summed E-state index contributed by atoms with van der Waals surface area (Å²) >= 11 is 0. The highest BCUT2D eigenvalue weighted by Gasteiger charge is 2.14. The lowest BCUT2D eigenvalue weighted by molar-refractivity contribution is 0.102. The van der Waals surface area contributed by atoms with Crippen molar-refractivity contribution in [2.24, 2.45) is 0 Å². The molecule has 0 aliphatic heterocycles. The normalized spacial score (nSPS) is 10.7. The van der Waals surface area contributed by atoms with Gasteiger partial charge in [0.05, 0.1) is 22.3 Å². The van der Waals surface area contributed by atoms with Gasteiger partial charge in [0.2, 0.25) is 5.95 Å². The van der Waals surface area contributed by atoms with Crippen molar-refractivity contribution in [1.82, 2.24) is 9.97 Å². The fourth-order valence-corrected chi connectivity index (χ4v) is 1.92. The summed E-state index contributed by atoms with van der Waals surface area (Å²) in [7, 11) is 0. The zero-order chi connectivity index (χ0) is 14.1. The van der Waals surface area contributed by atoms with Gasteiger partial charge in [-0.15, -0.1) is 0 Å². The standard InChI is InChI=1S/C14H11FN4O/c15-9-5-3-4-8(12(9)16)13(20)19-14-17-10-6-1-2-7-11(10)18-14/h1-7H,16H2,(H2,17,18,19,20). The molecule has 0 bridgehead atoms. The van der Waals surface area contributed by atoms with Gasteiger partial charge in [-0.3, -0.25) is 10.1 Å². The minimum Gasteiger partial charge on any atom is -0.396 e. The number of aromatic nitrogens is 2. The molecule has 0 unspecified atom stereocenters. The molecule has 4 N–H and O–H groups in total. The average molecular weight is 270 g/mol. The number of rotatable bonds is 2. The maximum Gasteiger partial charge on any atom is 0.260 e. The summed E-state index contributed by atoms with van der Waals surface area (Å²) < 4.78 is 13.3. The number of nitrogens with two attached hydrogens (primary N) is 1. The first-order valence-electron chi connectivity index (χ1n) is 5.95. The van der Waals surface area contributed by atoms with E-state index in [1.54, 1.807) is 0 Å². The molecule has 3 rings (SSSR count). The van der Waals surface area contributed by atoms with E-state index in [1.807, 2.05) is 24.3 Å². The Balaban J connectivity index is 1.90.